The number of aliphatic hydroxyl groups is 2. The number of hydrogen-bond donors (Lipinski definition) is 6. The lowest BCUT2D eigenvalue weighted by Gasteiger charge is -2.17. The van der Waals surface area contributed by atoms with Crippen LogP contribution in [0.25, 0.3) is 11.1 Å². The highest BCUT2D eigenvalue weighted by Gasteiger charge is 2.20. The van der Waals surface area contributed by atoms with E-state index in [0.29, 0.717) is 43.1 Å². The Morgan fingerprint density at radius 2 is 1.44 bits per heavy atom. The number of aromatic nitrogens is 2. The minimum absolute atomic E-state index is 0.0152. The van der Waals surface area contributed by atoms with Gasteiger partial charge < -0.3 is 36.2 Å². The van der Waals surface area contributed by atoms with Crippen LogP contribution in [0.2, 0.25) is 5.02 Å². The average Bonchev–Trinajstić information content (AvgIpc) is 3.04. The number of rotatable bonds is 14. The lowest BCUT2D eigenvalue weighted by Crippen LogP contribution is -2.20. The molecule has 4 rings (SSSR count). The average molecular weight is 633 g/mol. The molecule has 0 aliphatic carbocycles. The maximum atomic E-state index is 13.3. The van der Waals surface area contributed by atoms with Crippen LogP contribution in [0.1, 0.15) is 43.2 Å². The summed E-state index contributed by atoms with van der Waals surface area (Å²) in [5.41, 5.74) is 6.51. The minimum Gasteiger partial charge on any atom is -0.481 e. The van der Waals surface area contributed by atoms with Crippen molar-refractivity contribution in [2.75, 3.05) is 44.0 Å². The summed E-state index contributed by atoms with van der Waals surface area (Å²) in [7, 11) is 1.46. The molecule has 0 atom stereocenters. The highest BCUT2D eigenvalue weighted by atomic mass is 35.5. The largest absolute Gasteiger partial charge is 0.481 e. The van der Waals surface area contributed by atoms with Gasteiger partial charge in [0.2, 0.25) is 5.88 Å². The fourth-order valence-corrected chi connectivity index (χ4v) is 5.00. The topological polar surface area (TPSA) is 158 Å². The fourth-order valence-electron chi connectivity index (χ4n) is 4.74. The van der Waals surface area contributed by atoms with E-state index >= 15 is 0 Å². The third kappa shape index (κ3) is 8.41. The number of nitrogens with zero attached hydrogens (tertiary/aromatic N) is 2. The number of anilines is 2. The third-order valence-corrected chi connectivity index (χ3v) is 7.45. The van der Waals surface area contributed by atoms with Gasteiger partial charge in [-0.2, -0.15) is 0 Å². The summed E-state index contributed by atoms with van der Waals surface area (Å²) in [5, 5.41) is 30.1. The highest BCUT2D eigenvalue weighted by molar-refractivity contribution is 6.34. The maximum Gasteiger partial charge on any atom is 0.275 e. The van der Waals surface area contributed by atoms with E-state index in [1.807, 2.05) is 50.2 Å². The molecule has 12 heteroatoms. The van der Waals surface area contributed by atoms with E-state index in [0.717, 1.165) is 27.8 Å². The molecule has 2 heterocycles. The number of benzene rings is 2. The van der Waals surface area contributed by atoms with Crippen molar-refractivity contribution >= 4 is 34.8 Å². The Morgan fingerprint density at radius 1 is 0.844 bits per heavy atom. The standard InChI is InChI=1S/C33H37ClN6O5/c1-20-24(6-4-8-27(20)38-31(43)29-11-10-22(18-37-29)17-35-12-14-41)25-7-5-9-28(21(25)2)39-32(44)30-26(34)16-23(19-36-13-15-42)33(40-30)45-3/h4-11,16,18,35-36,41-42H,12-15,17,19H2,1-3H3,(H,38,43)(H,39,44). The van der Waals surface area contributed by atoms with Gasteiger partial charge in [-0.25, -0.2) is 4.98 Å². The molecule has 0 unspecified atom stereocenters. The Bertz CT molecular complexity index is 1650. The molecular weight excluding hydrogens is 596 g/mol. The Morgan fingerprint density at radius 3 is 2.00 bits per heavy atom. The first kappa shape index (κ1) is 33.5. The molecule has 0 saturated carbocycles. The molecule has 0 fully saturated rings. The van der Waals surface area contributed by atoms with Crippen molar-refractivity contribution in [1.82, 2.24) is 20.6 Å². The van der Waals surface area contributed by atoms with Gasteiger partial charge in [0.25, 0.3) is 11.8 Å². The number of methoxy groups -OCH3 is 1. The molecule has 11 nitrogen and oxygen atoms in total. The summed E-state index contributed by atoms with van der Waals surface area (Å²) in [6.45, 7) is 5.64. The van der Waals surface area contributed by atoms with Crippen molar-refractivity contribution in [2.24, 2.45) is 0 Å². The van der Waals surface area contributed by atoms with Gasteiger partial charge in [-0.3, -0.25) is 14.6 Å². The first-order chi connectivity index (χ1) is 21.8. The normalized spacial score (nSPS) is 10.9. The summed E-state index contributed by atoms with van der Waals surface area (Å²) in [5.74, 6) is -0.567. The van der Waals surface area contributed by atoms with Crippen LogP contribution in [0.15, 0.2) is 60.8 Å². The van der Waals surface area contributed by atoms with Crippen LogP contribution < -0.4 is 26.0 Å². The van der Waals surface area contributed by atoms with Gasteiger partial charge in [0.15, 0.2) is 5.69 Å². The predicted molar refractivity (Wildman–Crippen MR) is 175 cm³/mol. The molecule has 0 spiro atoms. The summed E-state index contributed by atoms with van der Waals surface area (Å²) < 4.78 is 5.38. The number of hydrogen-bond acceptors (Lipinski definition) is 9. The monoisotopic (exact) mass is 632 g/mol. The van der Waals surface area contributed by atoms with Crippen LogP contribution in [0.5, 0.6) is 5.88 Å². The quantitative estimate of drug-likeness (QED) is 0.113. The van der Waals surface area contributed by atoms with Gasteiger partial charge in [-0.15, -0.1) is 0 Å². The van der Waals surface area contributed by atoms with Crippen LogP contribution in [0, 0.1) is 13.8 Å². The molecule has 6 N–H and O–H groups in total. The number of ether oxygens (including phenoxy) is 1. The second-order valence-electron chi connectivity index (χ2n) is 10.2. The second kappa shape index (κ2) is 16.1. The van der Waals surface area contributed by atoms with Gasteiger partial charge in [-0.1, -0.05) is 41.9 Å². The number of carbonyl (C=O) groups is 2. The zero-order valence-electron chi connectivity index (χ0n) is 25.4. The number of halogens is 1. The van der Waals surface area contributed by atoms with Gasteiger partial charge >= 0.3 is 0 Å². The smallest absolute Gasteiger partial charge is 0.275 e. The molecule has 0 bridgehead atoms. The van der Waals surface area contributed by atoms with E-state index in [9.17, 15) is 9.59 Å². The van der Waals surface area contributed by atoms with Gasteiger partial charge in [0.05, 0.1) is 25.3 Å². The lowest BCUT2D eigenvalue weighted by molar-refractivity contribution is 0.101. The van der Waals surface area contributed by atoms with Crippen LogP contribution in [-0.4, -0.2) is 65.4 Å². The van der Waals surface area contributed by atoms with Crippen molar-refractivity contribution in [1.29, 1.82) is 0 Å². The number of aliphatic hydroxyl groups excluding tert-OH is 2. The molecule has 0 aliphatic rings. The second-order valence-corrected chi connectivity index (χ2v) is 10.6. The van der Waals surface area contributed by atoms with Crippen molar-refractivity contribution < 1.29 is 24.5 Å². The van der Waals surface area contributed by atoms with Crippen molar-refractivity contribution in [3.05, 3.63) is 99.5 Å². The van der Waals surface area contributed by atoms with Crippen molar-refractivity contribution in [2.45, 2.75) is 26.9 Å². The van der Waals surface area contributed by atoms with Crippen LogP contribution in [0.3, 0.4) is 0 Å². The van der Waals surface area contributed by atoms with Crippen LogP contribution in [0.4, 0.5) is 11.4 Å². The number of carbonyl (C=O) groups excluding carboxylic acids is 2. The molecular formula is C33H37ClN6O5. The van der Waals surface area contributed by atoms with E-state index in [2.05, 4.69) is 31.2 Å². The molecule has 0 saturated heterocycles. The molecule has 0 aliphatic heterocycles. The van der Waals surface area contributed by atoms with Gasteiger partial charge in [0.1, 0.15) is 5.69 Å². The number of nitrogens with one attached hydrogen (secondary N) is 4. The SMILES string of the molecule is COc1nc(C(=O)Nc2cccc(-c3cccc(NC(=O)c4ccc(CNCCO)cn4)c3C)c2C)c(Cl)cc1CNCCO. The highest BCUT2D eigenvalue weighted by Crippen LogP contribution is 2.34. The Balaban J connectivity index is 1.52. The fraction of sp³-hybridized carbons (Fsp3) is 0.273. The molecule has 2 amide bonds. The Kier molecular flexibility index (Phi) is 12.0. The molecule has 45 heavy (non-hydrogen) atoms. The minimum atomic E-state index is -0.492. The summed E-state index contributed by atoms with van der Waals surface area (Å²) in [6, 6.07) is 16.3. The summed E-state index contributed by atoms with van der Waals surface area (Å²) >= 11 is 6.45. The van der Waals surface area contributed by atoms with Crippen molar-refractivity contribution in [3.8, 4) is 17.0 Å². The van der Waals surface area contributed by atoms with Crippen LogP contribution >= 0.6 is 11.6 Å². The van der Waals surface area contributed by atoms with Crippen LogP contribution in [-0.2, 0) is 13.1 Å². The zero-order chi connectivity index (χ0) is 32.3. The van der Waals surface area contributed by atoms with Crippen molar-refractivity contribution in [3.63, 3.8) is 0 Å². The van der Waals surface area contributed by atoms with E-state index in [4.69, 9.17) is 26.6 Å². The summed E-state index contributed by atoms with van der Waals surface area (Å²) in [6.07, 6.45) is 1.63. The Labute approximate surface area is 267 Å². The van der Waals surface area contributed by atoms with E-state index in [1.165, 1.54) is 7.11 Å². The van der Waals surface area contributed by atoms with Gasteiger partial charge in [0, 0.05) is 49.3 Å². The summed E-state index contributed by atoms with van der Waals surface area (Å²) in [4.78, 5) is 35.0. The third-order valence-electron chi connectivity index (χ3n) is 7.16. The van der Waals surface area contributed by atoms with Gasteiger partial charge in [-0.05, 0) is 65.9 Å². The molecule has 2 aromatic carbocycles. The molecule has 0 radical (unpaired) electrons. The lowest BCUT2D eigenvalue weighted by atomic mass is 9.94. The number of pyridine rings is 2. The maximum absolute atomic E-state index is 13.3. The zero-order valence-corrected chi connectivity index (χ0v) is 26.2. The first-order valence-corrected chi connectivity index (χ1v) is 14.8. The molecule has 2 aromatic heterocycles. The van der Waals surface area contributed by atoms with E-state index in [1.54, 1.807) is 24.4 Å². The molecule has 236 valence electrons. The Hall–Kier alpha value is -4.39. The van der Waals surface area contributed by atoms with E-state index < -0.39 is 5.91 Å². The number of amides is 2. The predicted octanol–water partition coefficient (Wildman–Crippen LogP) is 4.09. The van der Waals surface area contributed by atoms with E-state index in [-0.39, 0.29) is 41.4 Å². The first-order valence-electron chi connectivity index (χ1n) is 14.4. The molecule has 4 aromatic rings.